The van der Waals surface area contributed by atoms with E-state index in [0.717, 1.165) is 31.5 Å². The van der Waals surface area contributed by atoms with Gasteiger partial charge < -0.3 is 16.0 Å². The fraction of sp³-hybridized carbons (Fsp3) is 0.938. The SMILES string of the molecule is CN1C2CCC1CC(CNC(=O)CC1(N)CCCC1)C2. The third-order valence-corrected chi connectivity index (χ3v) is 5.90. The molecule has 1 aliphatic carbocycles. The Balaban J connectivity index is 1.42. The van der Waals surface area contributed by atoms with E-state index in [1.165, 1.54) is 38.5 Å². The first kappa shape index (κ1) is 14.3. The van der Waals surface area contributed by atoms with Gasteiger partial charge in [-0.3, -0.25) is 4.79 Å². The molecule has 4 heteroatoms. The number of rotatable bonds is 4. The molecule has 1 saturated carbocycles. The molecule has 114 valence electrons. The van der Waals surface area contributed by atoms with Crippen LogP contribution in [0.15, 0.2) is 0 Å². The highest BCUT2D eigenvalue weighted by Crippen LogP contribution is 2.37. The van der Waals surface area contributed by atoms with Gasteiger partial charge in [0.2, 0.25) is 5.91 Å². The van der Waals surface area contributed by atoms with Gasteiger partial charge in [-0.05, 0) is 51.5 Å². The van der Waals surface area contributed by atoms with Crippen molar-refractivity contribution < 1.29 is 4.79 Å². The summed E-state index contributed by atoms with van der Waals surface area (Å²) in [5, 5.41) is 3.15. The van der Waals surface area contributed by atoms with Gasteiger partial charge in [-0.1, -0.05) is 12.8 Å². The quantitative estimate of drug-likeness (QED) is 0.822. The highest BCUT2D eigenvalue weighted by Gasteiger charge is 2.38. The summed E-state index contributed by atoms with van der Waals surface area (Å²) < 4.78 is 0. The Bertz CT molecular complexity index is 351. The first-order chi connectivity index (χ1) is 9.56. The molecule has 4 nitrogen and oxygen atoms in total. The molecule has 0 radical (unpaired) electrons. The molecule has 3 rings (SSSR count). The predicted octanol–water partition coefficient (Wildman–Crippen LogP) is 1.64. The van der Waals surface area contributed by atoms with Crippen molar-refractivity contribution in [3.8, 4) is 0 Å². The lowest BCUT2D eigenvalue weighted by Crippen LogP contribution is -2.45. The van der Waals surface area contributed by atoms with Crippen molar-refractivity contribution in [2.24, 2.45) is 11.7 Å². The van der Waals surface area contributed by atoms with Crippen LogP contribution in [0.1, 0.15) is 57.8 Å². The summed E-state index contributed by atoms with van der Waals surface area (Å²) in [6.45, 7) is 0.857. The van der Waals surface area contributed by atoms with Gasteiger partial charge in [0.1, 0.15) is 0 Å². The van der Waals surface area contributed by atoms with E-state index in [1.54, 1.807) is 0 Å². The maximum Gasteiger partial charge on any atom is 0.221 e. The molecule has 1 amide bonds. The summed E-state index contributed by atoms with van der Waals surface area (Å²) in [6.07, 6.45) is 10.1. The molecule has 2 heterocycles. The second kappa shape index (κ2) is 5.64. The number of nitrogens with zero attached hydrogens (tertiary/aromatic N) is 1. The summed E-state index contributed by atoms with van der Waals surface area (Å²) in [5.41, 5.74) is 6.06. The van der Waals surface area contributed by atoms with E-state index < -0.39 is 0 Å². The molecular formula is C16H29N3O. The number of hydrogen-bond donors (Lipinski definition) is 2. The zero-order valence-electron chi connectivity index (χ0n) is 12.7. The normalized spacial score (nSPS) is 36.2. The molecule has 2 atom stereocenters. The fourth-order valence-electron chi connectivity index (χ4n) is 4.59. The second-order valence-electron chi connectivity index (χ2n) is 7.44. The summed E-state index contributed by atoms with van der Waals surface area (Å²) in [7, 11) is 2.26. The Morgan fingerprint density at radius 3 is 2.45 bits per heavy atom. The van der Waals surface area contributed by atoms with Crippen LogP contribution in [0.25, 0.3) is 0 Å². The van der Waals surface area contributed by atoms with Gasteiger partial charge in [0, 0.05) is 30.6 Å². The first-order valence-corrected chi connectivity index (χ1v) is 8.33. The fourth-order valence-corrected chi connectivity index (χ4v) is 4.59. The minimum absolute atomic E-state index is 0.167. The van der Waals surface area contributed by atoms with E-state index in [1.807, 2.05) is 0 Å². The molecule has 3 N–H and O–H groups in total. The third kappa shape index (κ3) is 3.01. The minimum Gasteiger partial charge on any atom is -0.356 e. The van der Waals surface area contributed by atoms with E-state index in [-0.39, 0.29) is 11.4 Å². The topological polar surface area (TPSA) is 58.4 Å². The van der Waals surface area contributed by atoms with Crippen LogP contribution < -0.4 is 11.1 Å². The number of nitrogens with one attached hydrogen (secondary N) is 1. The molecule has 0 aromatic rings. The summed E-state index contributed by atoms with van der Waals surface area (Å²) in [5.74, 6) is 0.839. The standard InChI is InChI=1S/C16H29N3O/c1-19-13-4-5-14(19)9-12(8-13)11-18-15(20)10-16(17)6-2-3-7-16/h12-14H,2-11,17H2,1H3,(H,18,20). The molecule has 3 fully saturated rings. The highest BCUT2D eigenvalue weighted by atomic mass is 16.1. The third-order valence-electron chi connectivity index (χ3n) is 5.90. The summed E-state index contributed by atoms with van der Waals surface area (Å²) in [4.78, 5) is 14.6. The van der Waals surface area contributed by atoms with Crippen LogP contribution in [0.2, 0.25) is 0 Å². The molecule has 2 aliphatic heterocycles. The molecule has 2 unspecified atom stereocenters. The maximum absolute atomic E-state index is 12.1. The van der Waals surface area contributed by atoms with Crippen molar-refractivity contribution in [2.45, 2.75) is 75.4 Å². The van der Waals surface area contributed by atoms with E-state index in [4.69, 9.17) is 5.73 Å². The van der Waals surface area contributed by atoms with Gasteiger partial charge in [0.25, 0.3) is 0 Å². The van der Waals surface area contributed by atoms with Crippen molar-refractivity contribution in [2.75, 3.05) is 13.6 Å². The van der Waals surface area contributed by atoms with Crippen LogP contribution in [-0.4, -0.2) is 42.0 Å². The summed E-state index contributed by atoms with van der Waals surface area (Å²) >= 11 is 0. The average Bonchev–Trinajstić information content (AvgIpc) is 2.88. The first-order valence-electron chi connectivity index (χ1n) is 8.33. The van der Waals surface area contributed by atoms with Crippen LogP contribution in [-0.2, 0) is 4.79 Å². The van der Waals surface area contributed by atoms with Crippen LogP contribution in [0.5, 0.6) is 0 Å². The number of nitrogens with two attached hydrogens (primary N) is 1. The number of hydrogen-bond acceptors (Lipinski definition) is 3. The molecular weight excluding hydrogens is 250 g/mol. The van der Waals surface area contributed by atoms with Gasteiger partial charge in [-0.15, -0.1) is 0 Å². The van der Waals surface area contributed by atoms with Crippen LogP contribution in [0.4, 0.5) is 0 Å². The van der Waals surface area contributed by atoms with Gasteiger partial charge in [0.05, 0.1) is 0 Å². The number of carbonyl (C=O) groups is 1. The Hall–Kier alpha value is -0.610. The predicted molar refractivity (Wildman–Crippen MR) is 80.3 cm³/mol. The number of piperidine rings is 1. The smallest absolute Gasteiger partial charge is 0.221 e. The lowest BCUT2D eigenvalue weighted by Gasteiger charge is -2.36. The van der Waals surface area contributed by atoms with Crippen LogP contribution >= 0.6 is 0 Å². The van der Waals surface area contributed by atoms with E-state index >= 15 is 0 Å². The Labute approximate surface area is 122 Å². The number of carbonyl (C=O) groups excluding carboxylic acids is 1. The van der Waals surface area contributed by atoms with E-state index in [2.05, 4.69) is 17.3 Å². The molecule has 20 heavy (non-hydrogen) atoms. The lowest BCUT2D eigenvalue weighted by atomic mass is 9.90. The summed E-state index contributed by atoms with van der Waals surface area (Å²) in [6, 6.07) is 1.51. The Morgan fingerprint density at radius 1 is 1.25 bits per heavy atom. The second-order valence-corrected chi connectivity index (χ2v) is 7.44. The van der Waals surface area contributed by atoms with Crippen molar-refractivity contribution >= 4 is 5.91 Å². The zero-order chi connectivity index (χ0) is 14.2. The largest absolute Gasteiger partial charge is 0.356 e. The van der Waals surface area contributed by atoms with Gasteiger partial charge >= 0.3 is 0 Å². The minimum atomic E-state index is -0.212. The van der Waals surface area contributed by atoms with E-state index in [9.17, 15) is 4.79 Å². The van der Waals surface area contributed by atoms with E-state index in [0.29, 0.717) is 12.3 Å². The van der Waals surface area contributed by atoms with Crippen molar-refractivity contribution in [1.82, 2.24) is 10.2 Å². The van der Waals surface area contributed by atoms with Crippen molar-refractivity contribution in [1.29, 1.82) is 0 Å². The van der Waals surface area contributed by atoms with Crippen molar-refractivity contribution in [3.63, 3.8) is 0 Å². The van der Waals surface area contributed by atoms with Gasteiger partial charge in [0.15, 0.2) is 0 Å². The van der Waals surface area contributed by atoms with Crippen molar-refractivity contribution in [3.05, 3.63) is 0 Å². The maximum atomic E-state index is 12.1. The molecule has 3 aliphatic rings. The Kier molecular flexibility index (Phi) is 4.04. The van der Waals surface area contributed by atoms with Gasteiger partial charge in [-0.2, -0.15) is 0 Å². The molecule has 2 bridgehead atoms. The molecule has 0 aromatic carbocycles. The Morgan fingerprint density at radius 2 is 1.85 bits per heavy atom. The lowest BCUT2D eigenvalue weighted by molar-refractivity contribution is -0.122. The average molecular weight is 279 g/mol. The van der Waals surface area contributed by atoms with Gasteiger partial charge in [-0.25, -0.2) is 0 Å². The monoisotopic (exact) mass is 279 g/mol. The highest BCUT2D eigenvalue weighted by molar-refractivity contribution is 5.77. The molecule has 0 aromatic heterocycles. The number of fused-ring (bicyclic) bond motifs is 2. The van der Waals surface area contributed by atoms with Crippen LogP contribution in [0, 0.1) is 5.92 Å². The molecule has 2 saturated heterocycles. The zero-order valence-corrected chi connectivity index (χ0v) is 12.7. The van der Waals surface area contributed by atoms with Crippen LogP contribution in [0.3, 0.4) is 0 Å². The molecule has 0 spiro atoms. The number of amides is 1.